The number of nitrogens with zero attached hydrogens (tertiary/aromatic N) is 1. The van der Waals surface area contributed by atoms with Crippen LogP contribution in [0.1, 0.15) is 19.3 Å². The van der Waals surface area contributed by atoms with Crippen LogP contribution in [0.25, 0.3) is 0 Å². The Morgan fingerprint density at radius 3 is 2.92 bits per heavy atom. The molecule has 0 aromatic heterocycles. The Bertz CT molecular complexity index is 239. The van der Waals surface area contributed by atoms with Crippen LogP contribution in [-0.2, 0) is 4.79 Å². The summed E-state index contributed by atoms with van der Waals surface area (Å²) in [5, 5.41) is 2.35. The van der Waals surface area contributed by atoms with Crippen LogP contribution in [0.2, 0.25) is 0 Å². The lowest BCUT2D eigenvalue weighted by atomic mass is 10.00. The molecular weight excluding hydrogens is 156 g/mol. The first-order valence-electron chi connectivity index (χ1n) is 4.28. The fourth-order valence-electron chi connectivity index (χ4n) is 2.15. The fourth-order valence-corrected chi connectivity index (χ4v) is 2.15. The van der Waals surface area contributed by atoms with Gasteiger partial charge in [-0.15, -0.1) is 0 Å². The predicted molar refractivity (Wildman–Crippen MR) is 42.4 cm³/mol. The van der Waals surface area contributed by atoms with Gasteiger partial charge in [0.15, 0.2) is 0 Å². The van der Waals surface area contributed by atoms with Gasteiger partial charge in [-0.1, -0.05) is 6.42 Å². The highest BCUT2D eigenvalue weighted by atomic mass is 16.2. The molecule has 1 N–H and O–H groups in total. The SMILES string of the molecule is CN1C(=O)NC(=O)C2CCCC21. The first-order chi connectivity index (χ1) is 5.70. The average Bonchev–Trinajstić information content (AvgIpc) is 2.48. The summed E-state index contributed by atoms with van der Waals surface area (Å²) in [6.45, 7) is 0. The summed E-state index contributed by atoms with van der Waals surface area (Å²) in [6, 6.07) is -0.0885. The van der Waals surface area contributed by atoms with Gasteiger partial charge in [-0.05, 0) is 12.8 Å². The number of imide groups is 1. The number of rotatable bonds is 0. The van der Waals surface area contributed by atoms with Crippen LogP contribution in [0.4, 0.5) is 4.79 Å². The molecule has 1 aliphatic heterocycles. The quantitative estimate of drug-likeness (QED) is 0.567. The molecule has 2 unspecified atom stereocenters. The molecule has 0 radical (unpaired) electrons. The zero-order valence-corrected chi connectivity index (χ0v) is 7.04. The van der Waals surface area contributed by atoms with E-state index >= 15 is 0 Å². The Morgan fingerprint density at radius 1 is 1.42 bits per heavy atom. The second-order valence-electron chi connectivity index (χ2n) is 3.51. The van der Waals surface area contributed by atoms with Gasteiger partial charge < -0.3 is 4.90 Å². The van der Waals surface area contributed by atoms with E-state index in [1.165, 1.54) is 0 Å². The minimum absolute atomic E-state index is 0.0488. The van der Waals surface area contributed by atoms with Crippen LogP contribution in [0.15, 0.2) is 0 Å². The van der Waals surface area contributed by atoms with E-state index in [4.69, 9.17) is 0 Å². The highest BCUT2D eigenvalue weighted by molar-refractivity contribution is 5.98. The third kappa shape index (κ3) is 0.906. The van der Waals surface area contributed by atoms with Gasteiger partial charge >= 0.3 is 6.03 Å². The van der Waals surface area contributed by atoms with Crippen LogP contribution in [0.5, 0.6) is 0 Å². The molecule has 4 nitrogen and oxygen atoms in total. The van der Waals surface area contributed by atoms with Crippen molar-refractivity contribution in [1.82, 2.24) is 10.2 Å². The van der Waals surface area contributed by atoms with Crippen LogP contribution < -0.4 is 5.32 Å². The molecule has 1 saturated heterocycles. The molecule has 4 heteroatoms. The molecule has 66 valence electrons. The van der Waals surface area contributed by atoms with E-state index in [-0.39, 0.29) is 23.9 Å². The molecule has 1 saturated carbocycles. The smallest absolute Gasteiger partial charge is 0.324 e. The van der Waals surface area contributed by atoms with Crippen molar-refractivity contribution < 1.29 is 9.59 Å². The molecule has 2 rings (SSSR count). The van der Waals surface area contributed by atoms with Crippen molar-refractivity contribution in [2.45, 2.75) is 25.3 Å². The standard InChI is InChI=1S/C8H12N2O2/c1-10-6-4-2-3-5(6)7(11)9-8(10)12/h5-6H,2-4H2,1H3,(H,9,11,12). The summed E-state index contributed by atoms with van der Waals surface area (Å²) in [5.41, 5.74) is 0. The Balaban J connectivity index is 2.23. The van der Waals surface area contributed by atoms with Gasteiger partial charge in [0.2, 0.25) is 5.91 Å². The molecule has 0 bridgehead atoms. The van der Waals surface area contributed by atoms with Crippen LogP contribution in [0, 0.1) is 5.92 Å². The van der Waals surface area contributed by atoms with Crippen molar-refractivity contribution in [3.63, 3.8) is 0 Å². The maximum atomic E-state index is 11.3. The van der Waals surface area contributed by atoms with Crippen LogP contribution in [-0.4, -0.2) is 29.9 Å². The van der Waals surface area contributed by atoms with E-state index in [9.17, 15) is 9.59 Å². The summed E-state index contributed by atoms with van der Waals surface area (Å²) in [4.78, 5) is 24.1. The normalized spacial score (nSPS) is 34.9. The first-order valence-corrected chi connectivity index (χ1v) is 4.28. The number of urea groups is 1. The number of hydrogen-bond donors (Lipinski definition) is 1. The second kappa shape index (κ2) is 2.47. The Morgan fingerprint density at radius 2 is 2.17 bits per heavy atom. The summed E-state index contributed by atoms with van der Waals surface area (Å²) in [5.74, 6) is -0.0340. The Kier molecular flexibility index (Phi) is 1.56. The third-order valence-electron chi connectivity index (χ3n) is 2.86. The zero-order valence-electron chi connectivity index (χ0n) is 7.04. The lowest BCUT2D eigenvalue weighted by molar-refractivity contribution is -0.126. The molecule has 0 aromatic rings. The van der Waals surface area contributed by atoms with Crippen LogP contribution >= 0.6 is 0 Å². The maximum absolute atomic E-state index is 11.3. The number of carbonyl (C=O) groups is 2. The number of carbonyl (C=O) groups excluding carboxylic acids is 2. The monoisotopic (exact) mass is 168 g/mol. The highest BCUT2D eigenvalue weighted by Crippen LogP contribution is 2.31. The number of hydrogen-bond acceptors (Lipinski definition) is 2. The molecule has 2 aliphatic rings. The van der Waals surface area contributed by atoms with Crippen molar-refractivity contribution in [3.05, 3.63) is 0 Å². The lowest BCUT2D eigenvalue weighted by Gasteiger charge is -2.33. The summed E-state index contributed by atoms with van der Waals surface area (Å²) >= 11 is 0. The van der Waals surface area contributed by atoms with Crippen molar-refractivity contribution in [1.29, 1.82) is 0 Å². The lowest BCUT2D eigenvalue weighted by Crippen LogP contribution is -2.56. The predicted octanol–water partition coefficient (Wildman–Crippen LogP) is 0.337. The van der Waals surface area contributed by atoms with Crippen molar-refractivity contribution in [2.75, 3.05) is 7.05 Å². The maximum Gasteiger partial charge on any atom is 0.324 e. The van der Waals surface area contributed by atoms with Gasteiger partial charge in [0.1, 0.15) is 0 Å². The van der Waals surface area contributed by atoms with E-state index in [0.29, 0.717) is 0 Å². The Hall–Kier alpha value is -1.06. The fraction of sp³-hybridized carbons (Fsp3) is 0.750. The van der Waals surface area contributed by atoms with Crippen LogP contribution in [0.3, 0.4) is 0 Å². The van der Waals surface area contributed by atoms with E-state index < -0.39 is 0 Å². The van der Waals surface area contributed by atoms with Gasteiger partial charge in [-0.2, -0.15) is 0 Å². The average molecular weight is 168 g/mol. The molecule has 3 amide bonds. The van der Waals surface area contributed by atoms with Crippen molar-refractivity contribution in [3.8, 4) is 0 Å². The topological polar surface area (TPSA) is 49.4 Å². The molecule has 0 spiro atoms. The summed E-state index contributed by atoms with van der Waals surface area (Å²) in [6.07, 6.45) is 2.95. The molecule has 2 atom stereocenters. The van der Waals surface area contributed by atoms with Gasteiger partial charge in [0.05, 0.1) is 5.92 Å². The number of nitrogens with one attached hydrogen (secondary N) is 1. The van der Waals surface area contributed by atoms with E-state index in [0.717, 1.165) is 19.3 Å². The largest absolute Gasteiger partial charge is 0.324 e. The van der Waals surface area contributed by atoms with E-state index in [1.54, 1.807) is 11.9 Å². The van der Waals surface area contributed by atoms with Gasteiger partial charge in [-0.3, -0.25) is 10.1 Å². The molecular formula is C8H12N2O2. The van der Waals surface area contributed by atoms with E-state index in [2.05, 4.69) is 5.32 Å². The number of amides is 3. The third-order valence-corrected chi connectivity index (χ3v) is 2.86. The minimum Gasteiger partial charge on any atom is -0.324 e. The summed E-state index contributed by atoms with van der Waals surface area (Å²) in [7, 11) is 1.75. The number of fused-ring (bicyclic) bond motifs is 1. The zero-order chi connectivity index (χ0) is 8.72. The van der Waals surface area contributed by atoms with Gasteiger partial charge in [0.25, 0.3) is 0 Å². The molecule has 2 fully saturated rings. The van der Waals surface area contributed by atoms with Crippen molar-refractivity contribution >= 4 is 11.9 Å². The molecule has 12 heavy (non-hydrogen) atoms. The first kappa shape index (κ1) is 7.58. The second-order valence-corrected chi connectivity index (χ2v) is 3.51. The minimum atomic E-state index is -0.247. The van der Waals surface area contributed by atoms with E-state index in [1.807, 2.05) is 0 Å². The summed E-state index contributed by atoms with van der Waals surface area (Å²) < 4.78 is 0. The van der Waals surface area contributed by atoms with Crippen molar-refractivity contribution in [2.24, 2.45) is 5.92 Å². The molecule has 1 heterocycles. The Labute approximate surface area is 70.9 Å². The molecule has 0 aromatic carbocycles. The molecule has 1 aliphatic carbocycles. The van der Waals surface area contributed by atoms with Gasteiger partial charge in [0, 0.05) is 13.1 Å². The van der Waals surface area contributed by atoms with Gasteiger partial charge in [-0.25, -0.2) is 4.79 Å². The highest BCUT2D eigenvalue weighted by Gasteiger charge is 2.42.